The van der Waals surface area contributed by atoms with E-state index in [9.17, 15) is 4.39 Å². The Balaban J connectivity index is 1.35. The Morgan fingerprint density at radius 1 is 1.06 bits per heavy atom. The maximum absolute atomic E-state index is 14.7. The molecule has 0 spiro atoms. The van der Waals surface area contributed by atoms with Crippen molar-refractivity contribution in [2.45, 2.75) is 6.92 Å². The zero-order valence-corrected chi connectivity index (χ0v) is 17.6. The molecule has 162 valence electrons. The van der Waals surface area contributed by atoms with Crippen LogP contribution < -0.4 is 20.9 Å². The standard InChI is InChI=1S/C23H23FN8/c1-15-3-2-4-17-19(14-27-31-22(15)17)29-21-7-8-26-23(30-21)28-16-5-6-20(18(24)13-16)32-11-9-25-10-12-32/h2-8,13-14,25H,9-12H2,1H3,(H2,26,28,29,30,31). The SMILES string of the molecule is Cc1cccc2c(Nc3ccnc(Nc4ccc(N5CCNCC5)c(F)c4)n3)cnnc12. The molecule has 0 atom stereocenters. The van der Waals surface area contributed by atoms with E-state index in [2.05, 4.69) is 36.1 Å². The molecule has 0 amide bonds. The van der Waals surface area contributed by atoms with Crippen LogP contribution in [0, 0.1) is 12.7 Å². The predicted molar refractivity (Wildman–Crippen MR) is 124 cm³/mol. The molecule has 9 heteroatoms. The first-order chi connectivity index (χ1) is 15.7. The van der Waals surface area contributed by atoms with Crippen LogP contribution in [0.15, 0.2) is 54.9 Å². The first kappa shape index (κ1) is 20.1. The summed E-state index contributed by atoms with van der Waals surface area (Å²) in [4.78, 5) is 10.8. The summed E-state index contributed by atoms with van der Waals surface area (Å²) >= 11 is 0. The predicted octanol–water partition coefficient (Wildman–Crippen LogP) is 3.76. The fourth-order valence-corrected chi connectivity index (χ4v) is 3.82. The fraction of sp³-hybridized carbons (Fsp3) is 0.217. The normalized spacial score (nSPS) is 13.9. The number of rotatable bonds is 5. The van der Waals surface area contributed by atoms with Crippen LogP contribution in [-0.4, -0.2) is 46.3 Å². The van der Waals surface area contributed by atoms with E-state index in [1.807, 2.05) is 36.1 Å². The number of nitrogens with zero attached hydrogens (tertiary/aromatic N) is 5. The number of hydrogen-bond donors (Lipinski definition) is 3. The van der Waals surface area contributed by atoms with Crippen molar-refractivity contribution in [1.82, 2.24) is 25.5 Å². The minimum absolute atomic E-state index is 0.268. The van der Waals surface area contributed by atoms with Gasteiger partial charge in [-0.25, -0.2) is 9.37 Å². The molecule has 32 heavy (non-hydrogen) atoms. The molecule has 0 bridgehead atoms. The molecule has 5 rings (SSSR count). The lowest BCUT2D eigenvalue weighted by Crippen LogP contribution is -2.43. The highest BCUT2D eigenvalue weighted by Crippen LogP contribution is 2.27. The number of halogens is 1. The van der Waals surface area contributed by atoms with Crippen LogP contribution in [0.25, 0.3) is 10.9 Å². The molecule has 0 aliphatic carbocycles. The van der Waals surface area contributed by atoms with E-state index in [1.54, 1.807) is 24.5 Å². The van der Waals surface area contributed by atoms with E-state index in [1.165, 1.54) is 6.07 Å². The first-order valence-electron chi connectivity index (χ1n) is 10.5. The van der Waals surface area contributed by atoms with Crippen LogP contribution in [-0.2, 0) is 0 Å². The average molecular weight is 430 g/mol. The number of aryl methyl sites for hydroxylation is 1. The smallest absolute Gasteiger partial charge is 0.229 e. The van der Waals surface area contributed by atoms with Gasteiger partial charge in [0.25, 0.3) is 0 Å². The second-order valence-electron chi connectivity index (χ2n) is 7.65. The second kappa shape index (κ2) is 8.72. The minimum Gasteiger partial charge on any atom is -0.367 e. The molecule has 1 fully saturated rings. The maximum Gasteiger partial charge on any atom is 0.229 e. The van der Waals surface area contributed by atoms with Crippen LogP contribution >= 0.6 is 0 Å². The number of piperazine rings is 1. The van der Waals surface area contributed by atoms with Crippen LogP contribution in [0.4, 0.5) is 33.2 Å². The molecule has 0 unspecified atom stereocenters. The summed E-state index contributed by atoms with van der Waals surface area (Å²) in [5.41, 5.74) is 3.89. The summed E-state index contributed by atoms with van der Waals surface area (Å²) in [5, 5.41) is 18.9. The number of aromatic nitrogens is 4. The lowest BCUT2D eigenvalue weighted by Gasteiger charge is -2.29. The first-order valence-corrected chi connectivity index (χ1v) is 10.5. The molecule has 2 aromatic heterocycles. The van der Waals surface area contributed by atoms with Gasteiger partial charge in [-0.05, 0) is 36.8 Å². The maximum atomic E-state index is 14.7. The summed E-state index contributed by atoms with van der Waals surface area (Å²) in [7, 11) is 0. The molecule has 0 radical (unpaired) electrons. The highest BCUT2D eigenvalue weighted by Gasteiger charge is 2.15. The second-order valence-corrected chi connectivity index (χ2v) is 7.65. The zero-order valence-electron chi connectivity index (χ0n) is 17.6. The molecule has 2 aromatic carbocycles. The van der Waals surface area contributed by atoms with Crippen molar-refractivity contribution in [3.05, 3.63) is 66.2 Å². The fourth-order valence-electron chi connectivity index (χ4n) is 3.82. The van der Waals surface area contributed by atoms with Gasteiger partial charge < -0.3 is 20.9 Å². The van der Waals surface area contributed by atoms with Crippen molar-refractivity contribution in [3.63, 3.8) is 0 Å². The van der Waals surface area contributed by atoms with Crippen molar-refractivity contribution >= 4 is 39.7 Å². The minimum atomic E-state index is -0.268. The van der Waals surface area contributed by atoms with Gasteiger partial charge in [-0.3, -0.25) is 0 Å². The van der Waals surface area contributed by atoms with Gasteiger partial charge in [0, 0.05) is 43.4 Å². The monoisotopic (exact) mass is 430 g/mol. The van der Waals surface area contributed by atoms with Gasteiger partial charge in [0.05, 0.1) is 23.1 Å². The summed E-state index contributed by atoms with van der Waals surface area (Å²) in [6, 6.07) is 12.8. The molecule has 8 nitrogen and oxygen atoms in total. The summed E-state index contributed by atoms with van der Waals surface area (Å²) in [5.74, 6) is 0.693. The van der Waals surface area contributed by atoms with Gasteiger partial charge >= 0.3 is 0 Å². The quantitative estimate of drug-likeness (QED) is 0.441. The number of hydrogen-bond acceptors (Lipinski definition) is 8. The van der Waals surface area contributed by atoms with E-state index >= 15 is 0 Å². The summed E-state index contributed by atoms with van der Waals surface area (Å²) < 4.78 is 14.7. The van der Waals surface area contributed by atoms with Crippen LogP contribution in [0.2, 0.25) is 0 Å². The number of benzene rings is 2. The van der Waals surface area contributed by atoms with Gasteiger partial charge in [0.1, 0.15) is 11.6 Å². The van der Waals surface area contributed by atoms with Gasteiger partial charge in [0.15, 0.2) is 0 Å². The Labute approximate surface area is 184 Å². The number of nitrogens with one attached hydrogen (secondary N) is 3. The molecule has 1 aliphatic rings. The molecule has 3 N–H and O–H groups in total. The molecule has 3 heterocycles. The molecular weight excluding hydrogens is 407 g/mol. The number of anilines is 5. The lowest BCUT2D eigenvalue weighted by atomic mass is 10.1. The Bertz CT molecular complexity index is 1260. The summed E-state index contributed by atoms with van der Waals surface area (Å²) in [6.07, 6.45) is 3.31. The lowest BCUT2D eigenvalue weighted by molar-refractivity contribution is 0.566. The molecule has 0 saturated carbocycles. The van der Waals surface area contributed by atoms with E-state index in [0.29, 0.717) is 23.1 Å². The van der Waals surface area contributed by atoms with Crippen LogP contribution in [0.5, 0.6) is 0 Å². The Morgan fingerprint density at radius 3 is 2.78 bits per heavy atom. The van der Waals surface area contributed by atoms with E-state index in [4.69, 9.17) is 0 Å². The van der Waals surface area contributed by atoms with E-state index < -0.39 is 0 Å². The third kappa shape index (κ3) is 4.15. The van der Waals surface area contributed by atoms with Crippen molar-refractivity contribution in [2.24, 2.45) is 0 Å². The number of fused-ring (bicyclic) bond motifs is 1. The van der Waals surface area contributed by atoms with Crippen LogP contribution in [0.1, 0.15) is 5.56 Å². The van der Waals surface area contributed by atoms with E-state index in [-0.39, 0.29) is 5.82 Å². The van der Waals surface area contributed by atoms with Crippen LogP contribution in [0.3, 0.4) is 0 Å². The average Bonchev–Trinajstić information content (AvgIpc) is 2.81. The van der Waals surface area contributed by atoms with Crippen molar-refractivity contribution < 1.29 is 4.39 Å². The van der Waals surface area contributed by atoms with Crippen molar-refractivity contribution in [1.29, 1.82) is 0 Å². The topological polar surface area (TPSA) is 90.9 Å². The molecule has 1 saturated heterocycles. The molecule has 4 aromatic rings. The van der Waals surface area contributed by atoms with Gasteiger partial charge in [-0.15, -0.1) is 0 Å². The highest BCUT2D eigenvalue weighted by molar-refractivity contribution is 5.93. The third-order valence-electron chi connectivity index (χ3n) is 5.45. The summed E-state index contributed by atoms with van der Waals surface area (Å²) in [6.45, 7) is 5.29. The molecule has 1 aliphatic heterocycles. The largest absolute Gasteiger partial charge is 0.367 e. The van der Waals surface area contributed by atoms with Gasteiger partial charge in [-0.2, -0.15) is 15.2 Å². The third-order valence-corrected chi connectivity index (χ3v) is 5.45. The molecular formula is C23H23FN8. The van der Waals surface area contributed by atoms with Crippen molar-refractivity contribution in [2.75, 3.05) is 41.7 Å². The Hall–Kier alpha value is -3.85. The van der Waals surface area contributed by atoms with Gasteiger partial charge in [-0.1, -0.05) is 18.2 Å². The Morgan fingerprint density at radius 2 is 1.94 bits per heavy atom. The van der Waals surface area contributed by atoms with Crippen molar-refractivity contribution in [3.8, 4) is 0 Å². The Kier molecular flexibility index (Phi) is 5.47. The zero-order chi connectivity index (χ0) is 21.9. The highest BCUT2D eigenvalue weighted by atomic mass is 19.1. The van der Waals surface area contributed by atoms with Gasteiger partial charge in [0.2, 0.25) is 5.95 Å². The van der Waals surface area contributed by atoms with E-state index in [0.717, 1.165) is 48.3 Å².